The van der Waals surface area contributed by atoms with Crippen molar-refractivity contribution in [2.75, 3.05) is 0 Å². The maximum Gasteiger partial charge on any atom is 0.239 e. The van der Waals surface area contributed by atoms with Crippen LogP contribution in [0.25, 0.3) is 0 Å². The molecule has 1 aromatic carbocycles. The molecular weight excluding hydrogens is 264 g/mol. The van der Waals surface area contributed by atoms with Gasteiger partial charge in [0.1, 0.15) is 11.4 Å². The van der Waals surface area contributed by atoms with E-state index in [9.17, 15) is 4.79 Å². The zero-order valence-corrected chi connectivity index (χ0v) is 12.8. The average molecular weight is 288 g/mol. The van der Waals surface area contributed by atoms with E-state index in [0.717, 1.165) is 30.6 Å². The zero-order valence-electron chi connectivity index (χ0n) is 12.8. The lowest BCUT2D eigenvalue weighted by atomic mass is 9.85. The first-order chi connectivity index (χ1) is 9.90. The summed E-state index contributed by atoms with van der Waals surface area (Å²) in [7, 11) is 0. The Bertz CT molecular complexity index is 542. The summed E-state index contributed by atoms with van der Waals surface area (Å²) in [6.45, 7) is 3.47. The SMILES string of the molecule is CC(C)(N)C(=O)NC1CC2(CCCC2)Oc2ccccc21. The van der Waals surface area contributed by atoms with Crippen molar-refractivity contribution in [1.29, 1.82) is 0 Å². The van der Waals surface area contributed by atoms with Gasteiger partial charge in [0.15, 0.2) is 0 Å². The minimum atomic E-state index is -0.865. The molecule has 0 radical (unpaired) electrons. The lowest BCUT2D eigenvalue weighted by molar-refractivity contribution is -0.126. The van der Waals surface area contributed by atoms with Crippen LogP contribution in [0.1, 0.15) is 57.6 Å². The smallest absolute Gasteiger partial charge is 0.239 e. The topological polar surface area (TPSA) is 64.4 Å². The highest BCUT2D eigenvalue weighted by Crippen LogP contribution is 2.47. The first-order valence-corrected chi connectivity index (χ1v) is 7.77. The van der Waals surface area contributed by atoms with Gasteiger partial charge in [-0.2, -0.15) is 0 Å². The molecule has 1 fully saturated rings. The van der Waals surface area contributed by atoms with Crippen molar-refractivity contribution < 1.29 is 9.53 Å². The highest BCUT2D eigenvalue weighted by molar-refractivity contribution is 5.85. The number of benzene rings is 1. The lowest BCUT2D eigenvalue weighted by Crippen LogP contribution is -2.52. The second kappa shape index (κ2) is 5.02. The van der Waals surface area contributed by atoms with Gasteiger partial charge in [-0.15, -0.1) is 0 Å². The summed E-state index contributed by atoms with van der Waals surface area (Å²) in [6.07, 6.45) is 5.38. The molecule has 1 spiro atoms. The second-order valence-electron chi connectivity index (χ2n) is 6.98. The van der Waals surface area contributed by atoms with E-state index in [1.54, 1.807) is 13.8 Å². The van der Waals surface area contributed by atoms with Crippen molar-refractivity contribution in [3.8, 4) is 5.75 Å². The first kappa shape index (κ1) is 14.4. The van der Waals surface area contributed by atoms with Gasteiger partial charge in [0.25, 0.3) is 0 Å². The number of nitrogens with one attached hydrogen (secondary N) is 1. The normalized spacial score (nSPS) is 23.5. The molecule has 1 amide bonds. The number of fused-ring (bicyclic) bond motifs is 1. The third kappa shape index (κ3) is 2.77. The number of nitrogens with two attached hydrogens (primary N) is 1. The molecule has 1 aromatic rings. The van der Waals surface area contributed by atoms with Gasteiger partial charge in [-0.1, -0.05) is 18.2 Å². The molecule has 4 nitrogen and oxygen atoms in total. The van der Waals surface area contributed by atoms with Crippen molar-refractivity contribution in [3.63, 3.8) is 0 Å². The third-order valence-corrected chi connectivity index (χ3v) is 4.60. The molecule has 1 heterocycles. The van der Waals surface area contributed by atoms with Crippen LogP contribution in [0.4, 0.5) is 0 Å². The quantitative estimate of drug-likeness (QED) is 0.879. The molecule has 21 heavy (non-hydrogen) atoms. The predicted octanol–water partition coefficient (Wildman–Crippen LogP) is 2.68. The van der Waals surface area contributed by atoms with Crippen LogP contribution in [-0.4, -0.2) is 17.0 Å². The number of ether oxygens (including phenoxy) is 1. The van der Waals surface area contributed by atoms with Gasteiger partial charge in [-0.05, 0) is 45.6 Å². The van der Waals surface area contributed by atoms with Gasteiger partial charge in [-0.3, -0.25) is 4.79 Å². The minimum absolute atomic E-state index is 0.0108. The Morgan fingerprint density at radius 3 is 2.67 bits per heavy atom. The first-order valence-electron chi connectivity index (χ1n) is 7.77. The summed E-state index contributed by atoms with van der Waals surface area (Å²) in [5.74, 6) is 0.795. The molecule has 3 N–H and O–H groups in total. The fourth-order valence-corrected chi connectivity index (χ4v) is 3.42. The number of para-hydroxylation sites is 1. The molecule has 3 rings (SSSR count). The van der Waals surface area contributed by atoms with Crippen molar-refractivity contribution in [1.82, 2.24) is 5.32 Å². The van der Waals surface area contributed by atoms with E-state index >= 15 is 0 Å². The fourth-order valence-electron chi connectivity index (χ4n) is 3.42. The zero-order chi connectivity index (χ0) is 15.1. The van der Waals surface area contributed by atoms with Crippen molar-refractivity contribution >= 4 is 5.91 Å². The number of hydrogen-bond acceptors (Lipinski definition) is 3. The molecule has 0 saturated heterocycles. The maximum absolute atomic E-state index is 12.3. The largest absolute Gasteiger partial charge is 0.487 e. The summed E-state index contributed by atoms with van der Waals surface area (Å²) >= 11 is 0. The van der Waals surface area contributed by atoms with Crippen LogP contribution in [0.5, 0.6) is 5.75 Å². The summed E-state index contributed by atoms with van der Waals surface area (Å²) < 4.78 is 6.30. The molecule has 0 aromatic heterocycles. The second-order valence-corrected chi connectivity index (χ2v) is 6.98. The maximum atomic E-state index is 12.3. The Balaban J connectivity index is 1.89. The molecule has 1 unspecified atom stereocenters. The Labute approximate surface area is 126 Å². The van der Waals surface area contributed by atoms with Crippen LogP contribution in [0.3, 0.4) is 0 Å². The summed E-state index contributed by atoms with van der Waals surface area (Å²) in [5.41, 5.74) is 6.01. The number of amides is 1. The van der Waals surface area contributed by atoms with Crippen molar-refractivity contribution in [2.45, 2.75) is 63.1 Å². The molecule has 4 heteroatoms. The number of hydrogen-bond donors (Lipinski definition) is 2. The van der Waals surface area contributed by atoms with Crippen LogP contribution in [0, 0.1) is 0 Å². The molecule has 1 aliphatic heterocycles. The Hall–Kier alpha value is -1.55. The number of rotatable bonds is 2. The Morgan fingerprint density at radius 2 is 2.00 bits per heavy atom. The summed E-state index contributed by atoms with van der Waals surface area (Å²) in [4.78, 5) is 12.3. The van der Waals surface area contributed by atoms with E-state index < -0.39 is 5.54 Å². The molecule has 1 aliphatic carbocycles. The fraction of sp³-hybridized carbons (Fsp3) is 0.588. The van der Waals surface area contributed by atoms with Gasteiger partial charge in [-0.25, -0.2) is 0 Å². The predicted molar refractivity (Wildman–Crippen MR) is 82.0 cm³/mol. The van der Waals surface area contributed by atoms with E-state index in [1.807, 2.05) is 24.3 Å². The van der Waals surface area contributed by atoms with Crippen LogP contribution in [-0.2, 0) is 4.79 Å². The molecule has 2 aliphatic rings. The van der Waals surface area contributed by atoms with E-state index in [2.05, 4.69) is 5.32 Å². The number of carbonyl (C=O) groups excluding carboxylic acids is 1. The Kier molecular flexibility index (Phi) is 3.44. The molecule has 114 valence electrons. The van der Waals surface area contributed by atoms with Crippen LogP contribution >= 0.6 is 0 Å². The molecule has 1 saturated carbocycles. The van der Waals surface area contributed by atoms with Crippen molar-refractivity contribution in [3.05, 3.63) is 29.8 Å². The monoisotopic (exact) mass is 288 g/mol. The average Bonchev–Trinajstić information content (AvgIpc) is 2.85. The lowest BCUT2D eigenvalue weighted by Gasteiger charge is -2.40. The number of carbonyl (C=O) groups is 1. The highest BCUT2D eigenvalue weighted by atomic mass is 16.5. The van der Waals surface area contributed by atoms with Gasteiger partial charge < -0.3 is 15.8 Å². The third-order valence-electron chi connectivity index (χ3n) is 4.60. The van der Waals surface area contributed by atoms with Gasteiger partial charge in [0, 0.05) is 12.0 Å². The van der Waals surface area contributed by atoms with Crippen LogP contribution < -0.4 is 15.8 Å². The van der Waals surface area contributed by atoms with Gasteiger partial charge >= 0.3 is 0 Å². The standard InChI is InChI=1S/C17H24N2O2/c1-16(2,18)15(20)19-13-11-17(9-5-6-10-17)21-14-8-4-3-7-12(13)14/h3-4,7-8,13H,5-6,9-11,18H2,1-2H3,(H,19,20). The van der Waals surface area contributed by atoms with E-state index in [1.165, 1.54) is 12.8 Å². The Morgan fingerprint density at radius 1 is 1.33 bits per heavy atom. The van der Waals surface area contributed by atoms with Crippen LogP contribution in [0.15, 0.2) is 24.3 Å². The summed E-state index contributed by atoms with van der Waals surface area (Å²) in [5, 5.41) is 3.12. The van der Waals surface area contributed by atoms with E-state index in [0.29, 0.717) is 0 Å². The molecule has 0 bridgehead atoms. The van der Waals surface area contributed by atoms with Gasteiger partial charge in [0.05, 0.1) is 11.6 Å². The minimum Gasteiger partial charge on any atom is -0.487 e. The summed E-state index contributed by atoms with van der Waals surface area (Å²) in [6, 6.07) is 8.00. The molecular formula is C17H24N2O2. The van der Waals surface area contributed by atoms with Crippen molar-refractivity contribution in [2.24, 2.45) is 5.73 Å². The molecule has 1 atom stereocenters. The van der Waals surface area contributed by atoms with E-state index in [4.69, 9.17) is 10.5 Å². The van der Waals surface area contributed by atoms with Gasteiger partial charge in [0.2, 0.25) is 5.91 Å². The van der Waals surface area contributed by atoms with Crippen LogP contribution in [0.2, 0.25) is 0 Å². The van der Waals surface area contributed by atoms with E-state index in [-0.39, 0.29) is 17.6 Å². The highest BCUT2D eigenvalue weighted by Gasteiger charge is 2.43.